The van der Waals surface area contributed by atoms with Gasteiger partial charge in [0.2, 0.25) is 0 Å². The van der Waals surface area contributed by atoms with Crippen LogP contribution in [0.1, 0.15) is 44.9 Å². The Labute approximate surface area is 225 Å². The second kappa shape index (κ2) is 11.3. The summed E-state index contributed by atoms with van der Waals surface area (Å²) in [6, 6.07) is 19.4. The lowest BCUT2D eigenvalue weighted by Gasteiger charge is -2.29. The lowest BCUT2D eigenvalue weighted by molar-refractivity contribution is 0.102. The van der Waals surface area contributed by atoms with Crippen LogP contribution >= 0.6 is 11.3 Å². The van der Waals surface area contributed by atoms with E-state index in [1.165, 1.54) is 16.2 Å². The Morgan fingerprint density at radius 2 is 2.08 bits per heavy atom. The Kier molecular flexibility index (Phi) is 7.55. The molecule has 0 radical (unpaired) electrons. The predicted octanol–water partition coefficient (Wildman–Crippen LogP) is 4.28. The van der Waals surface area contributed by atoms with Crippen molar-refractivity contribution in [3.05, 3.63) is 82.0 Å². The Balaban J connectivity index is 1.22. The van der Waals surface area contributed by atoms with Crippen LogP contribution in [-0.2, 0) is 19.4 Å². The van der Waals surface area contributed by atoms with E-state index in [1.54, 1.807) is 22.9 Å². The topological polar surface area (TPSA) is 124 Å². The third-order valence-electron chi connectivity index (χ3n) is 6.72. The van der Waals surface area contributed by atoms with Gasteiger partial charge in [-0.25, -0.2) is 9.67 Å². The first kappa shape index (κ1) is 25.3. The molecule has 10 heteroatoms. The molecular formula is C28H26N8OS. The molecule has 1 aliphatic rings. The van der Waals surface area contributed by atoms with E-state index in [9.17, 15) is 4.79 Å². The Morgan fingerprint density at radius 3 is 2.87 bits per heavy atom. The van der Waals surface area contributed by atoms with Crippen LogP contribution in [0.25, 0.3) is 11.3 Å². The smallest absolute Gasteiger partial charge is 0.257 e. The molecular weight excluding hydrogens is 496 g/mol. The summed E-state index contributed by atoms with van der Waals surface area (Å²) in [5, 5.41) is 29.9. The minimum absolute atomic E-state index is 0.197. The Morgan fingerprint density at radius 1 is 1.24 bits per heavy atom. The number of likely N-dealkylation sites (N-methyl/N-ethyl adjacent to an activating group) is 1. The van der Waals surface area contributed by atoms with Crippen molar-refractivity contribution < 1.29 is 4.79 Å². The molecule has 0 spiro atoms. The summed E-state index contributed by atoms with van der Waals surface area (Å²) in [7, 11) is 2.07. The number of carbonyl (C=O) groups is 1. The van der Waals surface area contributed by atoms with Crippen molar-refractivity contribution in [2.75, 3.05) is 18.9 Å². The Bertz CT molecular complexity index is 1530. The fourth-order valence-corrected chi connectivity index (χ4v) is 5.66. The zero-order chi connectivity index (χ0) is 26.5. The summed E-state index contributed by atoms with van der Waals surface area (Å²) in [4.78, 5) is 21.2. The summed E-state index contributed by atoms with van der Waals surface area (Å²) >= 11 is 1.54. The van der Waals surface area contributed by atoms with Crippen molar-refractivity contribution >= 4 is 22.4 Å². The van der Waals surface area contributed by atoms with Gasteiger partial charge in [-0.3, -0.25) is 10.1 Å². The highest BCUT2D eigenvalue weighted by molar-refractivity contribution is 7.15. The fourth-order valence-electron chi connectivity index (χ4n) is 4.59. The van der Waals surface area contributed by atoms with Gasteiger partial charge in [0, 0.05) is 35.0 Å². The number of carbonyl (C=O) groups excluding carboxylic acids is 1. The van der Waals surface area contributed by atoms with Crippen LogP contribution in [0.5, 0.6) is 0 Å². The summed E-state index contributed by atoms with van der Waals surface area (Å²) in [6.07, 6.45) is 5.14. The molecule has 2 heterocycles. The molecule has 1 amide bonds. The largest absolute Gasteiger partial charge is 0.302 e. The van der Waals surface area contributed by atoms with E-state index in [2.05, 4.69) is 44.7 Å². The van der Waals surface area contributed by atoms with Crippen LogP contribution in [0.4, 0.5) is 5.13 Å². The SMILES string of the molecule is CN(CCC#N)C1CCc2nc(NC(=O)c3cccc(Cn4cc(-c5ccc(C#N)cc5)nn4)c3)sc2C1. The zero-order valence-electron chi connectivity index (χ0n) is 21.0. The van der Waals surface area contributed by atoms with Crippen LogP contribution in [0.3, 0.4) is 0 Å². The maximum atomic E-state index is 13.0. The van der Waals surface area contributed by atoms with Crippen molar-refractivity contribution in [3.63, 3.8) is 0 Å². The molecule has 1 aliphatic carbocycles. The van der Waals surface area contributed by atoms with Crippen LogP contribution in [0, 0.1) is 22.7 Å². The van der Waals surface area contributed by atoms with Crippen molar-refractivity contribution in [3.8, 4) is 23.4 Å². The van der Waals surface area contributed by atoms with Crippen LogP contribution in [0.15, 0.2) is 54.7 Å². The van der Waals surface area contributed by atoms with Gasteiger partial charge >= 0.3 is 0 Å². The number of thiazole rings is 1. The molecule has 0 aliphatic heterocycles. The number of nitrogens with one attached hydrogen (secondary N) is 1. The molecule has 190 valence electrons. The van der Waals surface area contributed by atoms with Crippen molar-refractivity contribution in [1.29, 1.82) is 10.5 Å². The van der Waals surface area contributed by atoms with Gasteiger partial charge in [0.25, 0.3) is 5.91 Å². The van der Waals surface area contributed by atoms with Crippen molar-refractivity contribution in [2.24, 2.45) is 0 Å². The van der Waals surface area contributed by atoms with Crippen molar-refractivity contribution in [1.82, 2.24) is 24.9 Å². The molecule has 0 fully saturated rings. The fraction of sp³-hybridized carbons (Fsp3) is 0.286. The molecule has 1 unspecified atom stereocenters. The van der Waals surface area contributed by atoms with Gasteiger partial charge < -0.3 is 4.90 Å². The van der Waals surface area contributed by atoms with E-state index >= 15 is 0 Å². The molecule has 38 heavy (non-hydrogen) atoms. The second-order valence-electron chi connectivity index (χ2n) is 9.32. The molecule has 5 rings (SSSR count). The first-order chi connectivity index (χ1) is 18.5. The van der Waals surface area contributed by atoms with Gasteiger partial charge in [-0.05, 0) is 56.1 Å². The summed E-state index contributed by atoms with van der Waals surface area (Å²) in [5.74, 6) is -0.197. The number of hydrogen-bond acceptors (Lipinski definition) is 8. The van der Waals surface area contributed by atoms with Gasteiger partial charge in [-0.2, -0.15) is 10.5 Å². The predicted molar refractivity (Wildman–Crippen MR) is 144 cm³/mol. The molecule has 2 aromatic carbocycles. The monoisotopic (exact) mass is 522 g/mol. The third kappa shape index (κ3) is 5.78. The number of anilines is 1. The molecule has 2 aromatic heterocycles. The number of fused-ring (bicyclic) bond motifs is 1. The zero-order valence-corrected chi connectivity index (χ0v) is 21.8. The summed E-state index contributed by atoms with van der Waals surface area (Å²) in [5.41, 5.74) is 4.74. The van der Waals surface area contributed by atoms with Gasteiger partial charge in [0.15, 0.2) is 5.13 Å². The van der Waals surface area contributed by atoms with E-state index in [-0.39, 0.29) is 5.91 Å². The van der Waals surface area contributed by atoms with E-state index in [0.29, 0.717) is 35.3 Å². The van der Waals surface area contributed by atoms with E-state index < -0.39 is 0 Å². The standard InChI is InChI=1S/C28H26N8OS/c1-35(13-3-12-29)23-10-11-24-26(15-23)38-28(31-24)32-27(37)22-5-2-4-20(14-22)17-36-18-25(33-34-36)21-8-6-19(16-30)7-9-21/h2,4-9,14,18,23H,3,10-11,13,15,17H2,1H3,(H,31,32,37). The highest BCUT2D eigenvalue weighted by Gasteiger charge is 2.25. The number of nitrogens with zero attached hydrogens (tertiary/aromatic N) is 7. The highest BCUT2D eigenvalue weighted by Crippen LogP contribution is 2.31. The first-order valence-electron chi connectivity index (χ1n) is 12.4. The second-order valence-corrected chi connectivity index (χ2v) is 10.4. The number of aromatic nitrogens is 4. The summed E-state index contributed by atoms with van der Waals surface area (Å²) in [6.45, 7) is 1.23. The van der Waals surface area contributed by atoms with E-state index in [1.807, 2.05) is 36.5 Å². The number of rotatable bonds is 8. The number of nitriles is 2. The van der Waals surface area contributed by atoms with Gasteiger partial charge in [-0.1, -0.05) is 29.5 Å². The van der Waals surface area contributed by atoms with Gasteiger partial charge in [0.1, 0.15) is 5.69 Å². The maximum absolute atomic E-state index is 13.0. The number of aryl methyl sites for hydroxylation is 1. The number of amides is 1. The maximum Gasteiger partial charge on any atom is 0.257 e. The molecule has 9 nitrogen and oxygen atoms in total. The lowest BCUT2D eigenvalue weighted by Crippen LogP contribution is -2.36. The van der Waals surface area contributed by atoms with Crippen LogP contribution in [0.2, 0.25) is 0 Å². The number of benzene rings is 2. The van der Waals surface area contributed by atoms with E-state index in [4.69, 9.17) is 10.5 Å². The van der Waals surface area contributed by atoms with Crippen LogP contribution in [-0.4, -0.2) is 50.4 Å². The third-order valence-corrected chi connectivity index (χ3v) is 7.75. The Hall–Kier alpha value is -4.38. The lowest BCUT2D eigenvalue weighted by atomic mass is 9.96. The molecule has 1 N–H and O–H groups in total. The molecule has 0 bridgehead atoms. The molecule has 0 saturated carbocycles. The van der Waals surface area contributed by atoms with Gasteiger partial charge in [-0.15, -0.1) is 16.4 Å². The number of hydrogen-bond donors (Lipinski definition) is 1. The van der Waals surface area contributed by atoms with Crippen LogP contribution < -0.4 is 5.32 Å². The minimum atomic E-state index is -0.197. The molecule has 1 atom stereocenters. The van der Waals surface area contributed by atoms with Gasteiger partial charge in [0.05, 0.1) is 36.1 Å². The molecule has 4 aromatic rings. The van der Waals surface area contributed by atoms with Crippen molar-refractivity contribution in [2.45, 2.75) is 38.3 Å². The highest BCUT2D eigenvalue weighted by atomic mass is 32.1. The normalized spacial score (nSPS) is 14.5. The first-order valence-corrected chi connectivity index (χ1v) is 13.2. The quantitative estimate of drug-likeness (QED) is 0.366. The van der Waals surface area contributed by atoms with E-state index in [0.717, 1.165) is 48.3 Å². The summed E-state index contributed by atoms with van der Waals surface area (Å²) < 4.78 is 1.73. The minimum Gasteiger partial charge on any atom is -0.302 e. The average molecular weight is 523 g/mol. The molecule has 0 saturated heterocycles. The average Bonchev–Trinajstić information content (AvgIpc) is 3.58.